The van der Waals surface area contributed by atoms with Gasteiger partial charge in [0.1, 0.15) is 11.9 Å². The van der Waals surface area contributed by atoms with Gasteiger partial charge >= 0.3 is 11.9 Å². The molecule has 2 aromatic rings. The fourth-order valence-corrected chi connectivity index (χ4v) is 3.80. The molecule has 3 rings (SSSR count). The van der Waals surface area contributed by atoms with Gasteiger partial charge in [0.05, 0.1) is 24.6 Å². The van der Waals surface area contributed by atoms with Crippen LogP contribution in [0.15, 0.2) is 29.1 Å². The van der Waals surface area contributed by atoms with E-state index in [1.54, 1.807) is 23.2 Å². The molecule has 0 N–H and O–H groups in total. The standard InChI is InChI=1S/C21H27N3O5/c1-6-18-22-16-10-8-7-9-15(16)19(26)24(18)23-12-21(23,20(27)28-5)17(11-13(2)3)29-14(4)25/h7-10,13,17H,6,11-12H2,1-5H3. The quantitative estimate of drug-likeness (QED) is 0.516. The zero-order valence-electron chi connectivity index (χ0n) is 17.5. The summed E-state index contributed by atoms with van der Waals surface area (Å²) in [6, 6.07) is 7.10. The predicted octanol–water partition coefficient (Wildman–Crippen LogP) is 1.80. The number of rotatable bonds is 7. The number of benzene rings is 1. The van der Waals surface area contributed by atoms with Crippen LogP contribution in [-0.2, 0) is 25.5 Å². The molecule has 1 aromatic carbocycles. The molecule has 0 radical (unpaired) electrons. The summed E-state index contributed by atoms with van der Waals surface area (Å²) in [5.41, 5.74) is -0.901. The number of ether oxygens (including phenoxy) is 2. The second kappa shape index (κ2) is 7.85. The van der Waals surface area contributed by atoms with Crippen molar-refractivity contribution in [1.82, 2.24) is 9.66 Å². The highest BCUT2D eigenvalue weighted by Gasteiger charge is 2.67. The molecule has 1 fully saturated rings. The third kappa shape index (κ3) is 3.59. The number of esters is 2. The first kappa shape index (κ1) is 20.8. The summed E-state index contributed by atoms with van der Waals surface area (Å²) >= 11 is 0. The maximum atomic E-state index is 13.3. The summed E-state index contributed by atoms with van der Waals surface area (Å²) in [4.78, 5) is 42.5. The van der Waals surface area contributed by atoms with Gasteiger partial charge in [0.15, 0.2) is 0 Å². The van der Waals surface area contributed by atoms with Gasteiger partial charge in [0.25, 0.3) is 5.56 Å². The fourth-order valence-electron chi connectivity index (χ4n) is 3.80. The molecule has 1 aliphatic rings. The highest BCUT2D eigenvalue weighted by Crippen LogP contribution is 2.39. The Morgan fingerprint density at radius 1 is 1.28 bits per heavy atom. The second-order valence-electron chi connectivity index (χ2n) is 7.72. The van der Waals surface area contributed by atoms with Crippen LogP contribution >= 0.6 is 0 Å². The zero-order chi connectivity index (χ0) is 21.3. The van der Waals surface area contributed by atoms with Gasteiger partial charge in [0, 0.05) is 13.3 Å². The Hall–Kier alpha value is -2.90. The smallest absolute Gasteiger partial charge is 0.339 e. The van der Waals surface area contributed by atoms with E-state index < -0.39 is 23.6 Å². The minimum atomic E-state index is -1.25. The molecule has 0 bridgehead atoms. The Labute approximate surface area is 169 Å². The molecular weight excluding hydrogens is 374 g/mol. The minimum absolute atomic E-state index is 0.167. The van der Waals surface area contributed by atoms with Crippen LogP contribution in [0.1, 0.15) is 39.9 Å². The number of carbonyl (C=O) groups excluding carboxylic acids is 2. The maximum Gasteiger partial charge on any atom is 0.339 e. The van der Waals surface area contributed by atoms with Crippen molar-refractivity contribution in [1.29, 1.82) is 0 Å². The average molecular weight is 401 g/mol. The van der Waals surface area contributed by atoms with E-state index in [4.69, 9.17) is 9.47 Å². The van der Waals surface area contributed by atoms with Gasteiger partial charge in [-0.15, -0.1) is 0 Å². The van der Waals surface area contributed by atoms with Crippen molar-refractivity contribution < 1.29 is 19.1 Å². The summed E-state index contributed by atoms with van der Waals surface area (Å²) in [5.74, 6) is -0.317. The Bertz CT molecular complexity index is 999. The second-order valence-corrected chi connectivity index (χ2v) is 7.72. The van der Waals surface area contributed by atoms with E-state index in [0.717, 1.165) is 0 Å². The van der Waals surface area contributed by atoms with Gasteiger partial charge < -0.3 is 9.47 Å². The van der Waals surface area contributed by atoms with E-state index in [9.17, 15) is 14.4 Å². The van der Waals surface area contributed by atoms with E-state index in [-0.39, 0.29) is 18.0 Å². The molecule has 2 unspecified atom stereocenters. The van der Waals surface area contributed by atoms with E-state index in [2.05, 4.69) is 4.98 Å². The molecule has 0 spiro atoms. The predicted molar refractivity (Wildman–Crippen MR) is 108 cm³/mol. The van der Waals surface area contributed by atoms with Crippen LogP contribution < -0.4 is 10.6 Å². The number of aryl methyl sites for hydroxylation is 1. The summed E-state index contributed by atoms with van der Waals surface area (Å²) in [7, 11) is 1.29. The molecular formula is C21H27N3O5. The van der Waals surface area contributed by atoms with Crippen LogP contribution in [0.4, 0.5) is 0 Å². The van der Waals surface area contributed by atoms with Crippen molar-refractivity contribution in [2.45, 2.75) is 52.2 Å². The fraction of sp³-hybridized carbons (Fsp3) is 0.524. The lowest BCUT2D eigenvalue weighted by molar-refractivity contribution is -0.156. The van der Waals surface area contributed by atoms with Crippen LogP contribution in [0.25, 0.3) is 10.9 Å². The van der Waals surface area contributed by atoms with Crippen LogP contribution in [0, 0.1) is 5.92 Å². The van der Waals surface area contributed by atoms with Crippen molar-refractivity contribution in [2.75, 3.05) is 18.7 Å². The number of methoxy groups -OCH3 is 1. The number of carbonyl (C=O) groups is 2. The Morgan fingerprint density at radius 2 is 1.97 bits per heavy atom. The zero-order valence-corrected chi connectivity index (χ0v) is 17.5. The minimum Gasteiger partial charge on any atom is -0.467 e. The summed E-state index contributed by atoms with van der Waals surface area (Å²) in [6.07, 6.45) is 0.217. The number of hydrogen-bond donors (Lipinski definition) is 0. The molecule has 1 aromatic heterocycles. The molecule has 2 heterocycles. The molecule has 1 aliphatic heterocycles. The molecule has 8 nitrogen and oxygen atoms in total. The molecule has 8 heteroatoms. The summed E-state index contributed by atoms with van der Waals surface area (Å²) in [6.45, 7) is 7.38. The third-order valence-corrected chi connectivity index (χ3v) is 5.19. The van der Waals surface area contributed by atoms with E-state index in [0.29, 0.717) is 29.6 Å². The first-order valence-electron chi connectivity index (χ1n) is 9.80. The van der Waals surface area contributed by atoms with Gasteiger partial charge in [0.2, 0.25) is 5.54 Å². The highest BCUT2D eigenvalue weighted by atomic mass is 16.6. The normalized spacial score (nSPS) is 19.3. The van der Waals surface area contributed by atoms with Crippen molar-refractivity contribution in [3.63, 3.8) is 0 Å². The van der Waals surface area contributed by atoms with Gasteiger partial charge in [-0.25, -0.2) is 14.5 Å². The van der Waals surface area contributed by atoms with Gasteiger partial charge in [-0.3, -0.25) is 14.6 Å². The number of hydrogen-bond acceptors (Lipinski definition) is 7. The van der Waals surface area contributed by atoms with Crippen LogP contribution in [0.3, 0.4) is 0 Å². The third-order valence-electron chi connectivity index (χ3n) is 5.19. The summed E-state index contributed by atoms with van der Waals surface area (Å²) < 4.78 is 12.1. The number of aromatic nitrogens is 2. The monoisotopic (exact) mass is 401 g/mol. The molecule has 0 amide bonds. The maximum absolute atomic E-state index is 13.3. The summed E-state index contributed by atoms with van der Waals surface area (Å²) in [5, 5.41) is 2.08. The van der Waals surface area contributed by atoms with Crippen LogP contribution in [0.2, 0.25) is 0 Å². The van der Waals surface area contributed by atoms with E-state index in [1.807, 2.05) is 26.8 Å². The largest absolute Gasteiger partial charge is 0.467 e. The molecule has 1 saturated heterocycles. The molecule has 156 valence electrons. The van der Waals surface area contributed by atoms with Crippen molar-refractivity contribution in [3.8, 4) is 0 Å². The van der Waals surface area contributed by atoms with Crippen molar-refractivity contribution >= 4 is 22.8 Å². The lowest BCUT2D eigenvalue weighted by atomic mass is 9.94. The van der Waals surface area contributed by atoms with Gasteiger partial charge in [-0.05, 0) is 24.5 Å². The van der Waals surface area contributed by atoms with Crippen LogP contribution in [-0.4, -0.2) is 46.9 Å². The average Bonchev–Trinajstić information content (AvgIpc) is 3.42. The Balaban J connectivity index is 2.16. The van der Waals surface area contributed by atoms with Gasteiger partial charge in [-0.1, -0.05) is 32.9 Å². The number of nitrogens with zero attached hydrogens (tertiary/aromatic N) is 3. The van der Waals surface area contributed by atoms with Crippen molar-refractivity contribution in [3.05, 3.63) is 40.4 Å². The molecule has 0 saturated carbocycles. The number of fused-ring (bicyclic) bond motifs is 1. The van der Waals surface area contributed by atoms with Crippen LogP contribution in [0.5, 0.6) is 0 Å². The van der Waals surface area contributed by atoms with E-state index in [1.165, 1.54) is 18.7 Å². The number of para-hydroxylation sites is 1. The molecule has 29 heavy (non-hydrogen) atoms. The SMILES string of the molecule is CCc1nc2ccccc2c(=O)n1N1CC1(C(=O)OC)C(CC(C)C)OC(C)=O. The highest BCUT2D eigenvalue weighted by molar-refractivity contribution is 5.90. The van der Waals surface area contributed by atoms with Gasteiger partial charge in [-0.2, -0.15) is 0 Å². The van der Waals surface area contributed by atoms with Crippen molar-refractivity contribution in [2.24, 2.45) is 5.92 Å². The molecule has 2 atom stereocenters. The first-order valence-corrected chi connectivity index (χ1v) is 9.80. The molecule has 0 aliphatic carbocycles. The Kier molecular flexibility index (Phi) is 5.64. The lowest BCUT2D eigenvalue weighted by Crippen LogP contribution is -2.50. The lowest BCUT2D eigenvalue weighted by Gasteiger charge is -2.28. The van der Waals surface area contributed by atoms with E-state index >= 15 is 0 Å². The topological polar surface area (TPSA) is 90.5 Å². The first-order chi connectivity index (χ1) is 13.8. The Morgan fingerprint density at radius 3 is 2.55 bits per heavy atom.